The van der Waals surface area contributed by atoms with E-state index in [-0.39, 0.29) is 16.6 Å². The number of sulfonamides is 1. The van der Waals surface area contributed by atoms with Crippen molar-refractivity contribution in [1.29, 1.82) is 0 Å². The highest BCUT2D eigenvalue weighted by Crippen LogP contribution is 2.21. The molecule has 0 radical (unpaired) electrons. The molecule has 0 saturated carbocycles. The molecule has 0 atom stereocenters. The summed E-state index contributed by atoms with van der Waals surface area (Å²) in [7, 11) is -3.60. The van der Waals surface area contributed by atoms with Gasteiger partial charge in [0.25, 0.3) is 0 Å². The second kappa shape index (κ2) is 12.1. The van der Waals surface area contributed by atoms with E-state index >= 15 is 0 Å². The van der Waals surface area contributed by atoms with Gasteiger partial charge in [-0.05, 0) is 17.7 Å². The lowest BCUT2D eigenvalue weighted by atomic mass is 10.2. The second-order valence-corrected chi connectivity index (χ2v) is 10.6. The number of carbonyl (C=O) groups excluding carboxylic acids is 1. The molecule has 1 amide bonds. The largest absolute Gasteiger partial charge is 0.335 e. The number of hydrogen-bond acceptors (Lipinski definition) is 6. The predicted molar refractivity (Wildman–Crippen MR) is 132 cm³/mol. The molecule has 1 aromatic carbocycles. The zero-order chi connectivity index (χ0) is 23.7. The van der Waals surface area contributed by atoms with Crippen LogP contribution in [0.25, 0.3) is 0 Å². The Kier molecular flexibility index (Phi) is 9.25. The highest BCUT2D eigenvalue weighted by Gasteiger charge is 2.28. The second-order valence-electron chi connectivity index (χ2n) is 7.66. The van der Waals surface area contributed by atoms with Crippen LogP contribution in [0.5, 0.6) is 0 Å². The number of hydrogen-bond donors (Lipinski definition) is 0. The monoisotopic (exact) mass is 486 g/mol. The fraction of sp³-hybridized carbons (Fsp3) is 0.333. The average molecular weight is 487 g/mol. The summed E-state index contributed by atoms with van der Waals surface area (Å²) in [6.45, 7) is 11.3. The Morgan fingerprint density at radius 3 is 2.27 bits per heavy atom. The summed E-state index contributed by atoms with van der Waals surface area (Å²) < 4.78 is 27.6. The lowest BCUT2D eigenvalue weighted by molar-refractivity contribution is -0.127. The van der Waals surface area contributed by atoms with Gasteiger partial charge in [0, 0.05) is 52.0 Å². The van der Waals surface area contributed by atoms with E-state index in [2.05, 4.69) is 35.2 Å². The van der Waals surface area contributed by atoms with Gasteiger partial charge < -0.3 is 4.90 Å². The van der Waals surface area contributed by atoms with E-state index < -0.39 is 10.0 Å². The molecule has 176 valence electrons. The number of aromatic nitrogens is 1. The van der Waals surface area contributed by atoms with Crippen molar-refractivity contribution in [2.24, 2.45) is 0 Å². The summed E-state index contributed by atoms with van der Waals surface area (Å²) in [5.41, 5.74) is 1.22. The van der Waals surface area contributed by atoms with E-state index in [1.807, 2.05) is 18.2 Å². The van der Waals surface area contributed by atoms with E-state index in [9.17, 15) is 13.2 Å². The number of carbonyl (C=O) groups is 1. The summed E-state index contributed by atoms with van der Waals surface area (Å²) >= 11 is 1.28. The van der Waals surface area contributed by atoms with Gasteiger partial charge in [-0.2, -0.15) is 4.31 Å². The topological polar surface area (TPSA) is 73.8 Å². The molecule has 3 rings (SSSR count). The highest BCUT2D eigenvalue weighted by molar-refractivity contribution is 7.99. The van der Waals surface area contributed by atoms with Crippen LogP contribution in [0.4, 0.5) is 0 Å². The number of nitrogens with zero attached hydrogens (tertiary/aromatic N) is 4. The lowest BCUT2D eigenvalue weighted by Crippen LogP contribution is -2.48. The van der Waals surface area contributed by atoms with Crippen molar-refractivity contribution in [2.45, 2.75) is 16.5 Å². The van der Waals surface area contributed by atoms with Crippen molar-refractivity contribution in [2.75, 3.05) is 45.0 Å². The standard InChI is InChI=1S/C24H30N4O3S2/c1-3-12-27(13-4-2)24(29)20-32-23-11-10-22(18-25-23)33(30,31)28-16-14-26(15-17-28)19-21-8-6-5-7-9-21/h3-11,18H,1-2,12-17,19-20H2. The molecule has 1 fully saturated rings. The molecule has 0 bridgehead atoms. The minimum Gasteiger partial charge on any atom is -0.335 e. The molecule has 0 N–H and O–H groups in total. The Morgan fingerprint density at radius 2 is 1.70 bits per heavy atom. The molecule has 2 heterocycles. The first-order valence-corrected chi connectivity index (χ1v) is 13.2. The van der Waals surface area contributed by atoms with Crippen LogP contribution in [0.3, 0.4) is 0 Å². The molecule has 7 nitrogen and oxygen atoms in total. The Balaban J connectivity index is 1.53. The number of benzene rings is 1. The Hall–Kier alpha value is -2.46. The third-order valence-electron chi connectivity index (χ3n) is 5.32. The number of piperazine rings is 1. The van der Waals surface area contributed by atoms with Gasteiger partial charge in [0.05, 0.1) is 10.8 Å². The maximum absolute atomic E-state index is 13.0. The van der Waals surface area contributed by atoms with Crippen LogP contribution in [0.1, 0.15) is 5.56 Å². The van der Waals surface area contributed by atoms with Crippen LogP contribution < -0.4 is 0 Å². The van der Waals surface area contributed by atoms with Gasteiger partial charge in [0.2, 0.25) is 15.9 Å². The van der Waals surface area contributed by atoms with Gasteiger partial charge in [-0.25, -0.2) is 13.4 Å². The van der Waals surface area contributed by atoms with E-state index in [1.165, 1.54) is 27.8 Å². The molecule has 1 aliphatic rings. The smallest absolute Gasteiger partial charge is 0.244 e. The summed E-state index contributed by atoms with van der Waals surface area (Å²) in [4.78, 5) is 20.7. The number of amides is 1. The minimum absolute atomic E-state index is 0.0494. The van der Waals surface area contributed by atoms with Crippen LogP contribution >= 0.6 is 11.8 Å². The quantitative estimate of drug-likeness (QED) is 0.359. The van der Waals surface area contributed by atoms with Crippen LogP contribution in [0.15, 0.2) is 83.9 Å². The zero-order valence-corrected chi connectivity index (χ0v) is 20.3. The molecule has 0 unspecified atom stereocenters. The Bertz CT molecular complexity index is 1030. The third kappa shape index (κ3) is 7.01. The number of pyridine rings is 1. The van der Waals surface area contributed by atoms with Gasteiger partial charge in [0.15, 0.2) is 0 Å². The van der Waals surface area contributed by atoms with E-state index in [0.29, 0.717) is 44.3 Å². The third-order valence-corrected chi connectivity index (χ3v) is 8.13. The van der Waals surface area contributed by atoms with Crippen molar-refractivity contribution >= 4 is 27.7 Å². The van der Waals surface area contributed by atoms with E-state index in [4.69, 9.17) is 0 Å². The summed E-state index contributed by atoms with van der Waals surface area (Å²) in [6, 6.07) is 13.4. The molecule has 1 aromatic heterocycles. The van der Waals surface area contributed by atoms with Crippen LogP contribution in [-0.4, -0.2) is 78.4 Å². The van der Waals surface area contributed by atoms with Gasteiger partial charge in [-0.1, -0.05) is 54.2 Å². The summed E-state index contributed by atoms with van der Waals surface area (Å²) in [5, 5.41) is 0.604. The molecule has 1 aliphatic heterocycles. The molecule has 0 spiro atoms. The first-order chi connectivity index (χ1) is 15.9. The number of rotatable bonds is 11. The fourth-order valence-electron chi connectivity index (χ4n) is 3.54. The first kappa shape index (κ1) is 25.2. The molecule has 33 heavy (non-hydrogen) atoms. The van der Waals surface area contributed by atoms with Gasteiger partial charge in [-0.3, -0.25) is 9.69 Å². The molecule has 9 heteroatoms. The van der Waals surface area contributed by atoms with Crippen LogP contribution in [0.2, 0.25) is 0 Å². The maximum atomic E-state index is 13.0. The summed E-state index contributed by atoms with van der Waals surface area (Å²) in [5.74, 6) is 0.163. The van der Waals surface area contributed by atoms with E-state index in [0.717, 1.165) is 6.54 Å². The normalized spacial score (nSPS) is 15.2. The maximum Gasteiger partial charge on any atom is 0.244 e. The van der Waals surface area contributed by atoms with Gasteiger partial charge in [0.1, 0.15) is 4.90 Å². The first-order valence-electron chi connectivity index (χ1n) is 10.8. The molecular weight excluding hydrogens is 456 g/mol. The van der Waals surface area contributed by atoms with Crippen molar-refractivity contribution in [3.8, 4) is 0 Å². The van der Waals surface area contributed by atoms with Gasteiger partial charge in [-0.15, -0.1) is 13.2 Å². The number of thioether (sulfide) groups is 1. The summed E-state index contributed by atoms with van der Waals surface area (Å²) in [6.07, 6.45) is 4.72. The fourth-order valence-corrected chi connectivity index (χ4v) is 5.65. The zero-order valence-electron chi connectivity index (χ0n) is 18.7. The highest BCUT2D eigenvalue weighted by atomic mass is 32.2. The van der Waals surface area contributed by atoms with Crippen molar-refractivity contribution < 1.29 is 13.2 Å². The average Bonchev–Trinajstić information content (AvgIpc) is 2.83. The lowest BCUT2D eigenvalue weighted by Gasteiger charge is -2.33. The van der Waals surface area contributed by atoms with Crippen molar-refractivity contribution in [3.05, 3.63) is 79.5 Å². The molecular formula is C24H30N4O3S2. The Labute approximate surface area is 200 Å². The molecule has 2 aromatic rings. The predicted octanol–water partition coefficient (Wildman–Crippen LogP) is 2.88. The van der Waals surface area contributed by atoms with Gasteiger partial charge >= 0.3 is 0 Å². The van der Waals surface area contributed by atoms with Crippen LogP contribution in [0, 0.1) is 0 Å². The van der Waals surface area contributed by atoms with E-state index in [1.54, 1.807) is 29.2 Å². The SMILES string of the molecule is C=CCN(CC=C)C(=O)CSc1ccc(S(=O)(=O)N2CCN(Cc3ccccc3)CC2)cn1. The van der Waals surface area contributed by atoms with Crippen LogP contribution in [-0.2, 0) is 21.4 Å². The Morgan fingerprint density at radius 1 is 1.03 bits per heavy atom. The molecule has 0 aliphatic carbocycles. The van der Waals surface area contributed by atoms with Crippen molar-refractivity contribution in [1.82, 2.24) is 19.1 Å². The minimum atomic E-state index is -3.60. The van der Waals surface area contributed by atoms with Crippen molar-refractivity contribution in [3.63, 3.8) is 0 Å². The molecule has 1 saturated heterocycles.